The fourth-order valence-corrected chi connectivity index (χ4v) is 3.14. The summed E-state index contributed by atoms with van der Waals surface area (Å²) < 4.78 is 15.6. The Hall–Kier alpha value is -4.66. The van der Waals surface area contributed by atoms with Crippen molar-refractivity contribution in [2.24, 2.45) is 0 Å². The van der Waals surface area contributed by atoms with Crippen LogP contribution in [0.15, 0.2) is 84.9 Å². The Morgan fingerprint density at radius 1 is 0.743 bits per heavy atom. The number of rotatable bonds is 10. The van der Waals surface area contributed by atoms with Gasteiger partial charge in [0.2, 0.25) is 12.2 Å². The number of ether oxygens (including phenoxy) is 3. The minimum absolute atomic E-state index is 0.0544. The summed E-state index contributed by atoms with van der Waals surface area (Å²) in [5.41, 5.74) is 0.763. The smallest absolute Gasteiger partial charge is 0.349 e. The summed E-state index contributed by atoms with van der Waals surface area (Å²) in [5, 5.41) is 12.3. The molecule has 0 radical (unpaired) electrons. The van der Waals surface area contributed by atoms with Gasteiger partial charge >= 0.3 is 17.9 Å². The van der Waals surface area contributed by atoms with E-state index in [4.69, 9.17) is 14.2 Å². The largest absolute Gasteiger partial charge is 0.496 e. The van der Waals surface area contributed by atoms with Gasteiger partial charge in [-0.3, -0.25) is 4.79 Å². The summed E-state index contributed by atoms with van der Waals surface area (Å²) in [6.45, 7) is -0.0544. The molecule has 3 aromatic carbocycles. The van der Waals surface area contributed by atoms with Crippen molar-refractivity contribution >= 4 is 23.8 Å². The topological polar surface area (TPSA) is 128 Å². The summed E-state index contributed by atoms with van der Waals surface area (Å²) in [7, 11) is 1.47. The van der Waals surface area contributed by atoms with Gasteiger partial charge in [0.25, 0.3) is 5.91 Å². The SMILES string of the molecule is COc1ccccc1CNC(=O)[C@H](OC(=O)c1ccccc1)[C@@H](OC(=O)c1ccccc1)C(=O)O. The van der Waals surface area contributed by atoms with Gasteiger partial charge in [0.15, 0.2) is 0 Å². The van der Waals surface area contributed by atoms with Crippen molar-refractivity contribution in [1.29, 1.82) is 0 Å². The minimum Gasteiger partial charge on any atom is -0.496 e. The van der Waals surface area contributed by atoms with E-state index in [1.165, 1.54) is 31.4 Å². The van der Waals surface area contributed by atoms with Gasteiger partial charge in [-0.25, -0.2) is 14.4 Å². The quantitative estimate of drug-likeness (QED) is 0.427. The number of aliphatic carboxylic acids is 1. The molecule has 180 valence electrons. The number of para-hydroxylation sites is 1. The molecule has 9 heteroatoms. The maximum Gasteiger partial charge on any atom is 0.349 e. The maximum atomic E-state index is 13.1. The van der Waals surface area contributed by atoms with Crippen molar-refractivity contribution in [3.05, 3.63) is 102 Å². The van der Waals surface area contributed by atoms with Crippen LogP contribution >= 0.6 is 0 Å². The molecule has 0 bridgehead atoms. The van der Waals surface area contributed by atoms with E-state index in [2.05, 4.69) is 5.32 Å². The number of hydrogen-bond acceptors (Lipinski definition) is 7. The number of methoxy groups -OCH3 is 1. The van der Waals surface area contributed by atoms with E-state index < -0.39 is 36.0 Å². The van der Waals surface area contributed by atoms with E-state index in [1.807, 2.05) is 0 Å². The van der Waals surface area contributed by atoms with E-state index in [1.54, 1.807) is 60.7 Å². The van der Waals surface area contributed by atoms with E-state index >= 15 is 0 Å². The van der Waals surface area contributed by atoms with Crippen LogP contribution in [0.25, 0.3) is 0 Å². The Morgan fingerprint density at radius 2 is 1.23 bits per heavy atom. The standard InChI is InChI=1S/C26H23NO8/c1-33-20-15-9-8-14-19(20)16-27-23(28)21(34-25(31)17-10-4-2-5-11-17)22(24(29)30)35-26(32)18-12-6-3-7-13-18/h2-15,21-22H,16H2,1H3,(H,27,28)(H,29,30)/t21-,22-/m1/s1. The van der Waals surface area contributed by atoms with Crippen molar-refractivity contribution in [3.63, 3.8) is 0 Å². The number of carbonyl (C=O) groups is 4. The van der Waals surface area contributed by atoms with Gasteiger partial charge in [-0.15, -0.1) is 0 Å². The molecule has 9 nitrogen and oxygen atoms in total. The molecule has 1 amide bonds. The number of carboxylic acids is 1. The Morgan fingerprint density at radius 3 is 1.74 bits per heavy atom. The molecule has 0 saturated carbocycles. The highest BCUT2D eigenvalue weighted by Gasteiger charge is 2.40. The van der Waals surface area contributed by atoms with Crippen molar-refractivity contribution in [3.8, 4) is 5.75 Å². The number of nitrogens with one attached hydrogen (secondary N) is 1. The number of amides is 1. The highest BCUT2D eigenvalue weighted by molar-refractivity contribution is 5.96. The first-order valence-electron chi connectivity index (χ1n) is 10.5. The molecule has 0 saturated heterocycles. The van der Waals surface area contributed by atoms with Crippen LogP contribution < -0.4 is 10.1 Å². The average Bonchev–Trinajstić information content (AvgIpc) is 2.89. The van der Waals surface area contributed by atoms with E-state index in [-0.39, 0.29) is 17.7 Å². The molecule has 3 rings (SSSR count). The van der Waals surface area contributed by atoms with Crippen molar-refractivity contribution in [1.82, 2.24) is 5.32 Å². The number of carbonyl (C=O) groups excluding carboxylic acids is 3. The number of hydrogen-bond donors (Lipinski definition) is 2. The molecule has 0 aliphatic carbocycles. The Kier molecular flexibility index (Phi) is 8.55. The zero-order valence-electron chi connectivity index (χ0n) is 18.7. The molecule has 0 aromatic heterocycles. The first-order chi connectivity index (χ1) is 16.9. The molecule has 3 aromatic rings. The Bertz CT molecular complexity index is 1180. The zero-order chi connectivity index (χ0) is 25.2. The average molecular weight is 477 g/mol. The summed E-state index contributed by atoms with van der Waals surface area (Å²) in [6, 6.07) is 22.3. The molecule has 0 heterocycles. The van der Waals surface area contributed by atoms with E-state index in [0.717, 1.165) is 0 Å². The lowest BCUT2D eigenvalue weighted by Gasteiger charge is -2.23. The molecule has 0 aliphatic heterocycles. The molecule has 0 unspecified atom stereocenters. The molecule has 0 spiro atoms. The lowest BCUT2D eigenvalue weighted by molar-refractivity contribution is -0.159. The van der Waals surface area contributed by atoms with Gasteiger partial charge in [-0.2, -0.15) is 0 Å². The summed E-state index contributed by atoms with van der Waals surface area (Å²) >= 11 is 0. The zero-order valence-corrected chi connectivity index (χ0v) is 18.7. The third kappa shape index (κ3) is 6.67. The van der Waals surface area contributed by atoms with E-state index in [9.17, 15) is 24.3 Å². The molecule has 35 heavy (non-hydrogen) atoms. The van der Waals surface area contributed by atoms with Crippen LogP contribution in [0.1, 0.15) is 26.3 Å². The Labute approximate surface area is 201 Å². The van der Waals surface area contributed by atoms with Crippen LogP contribution in [0.4, 0.5) is 0 Å². The van der Waals surface area contributed by atoms with Crippen LogP contribution in [0.5, 0.6) is 5.75 Å². The van der Waals surface area contributed by atoms with Crippen LogP contribution in [0.3, 0.4) is 0 Å². The molecule has 2 atom stereocenters. The van der Waals surface area contributed by atoms with Crippen molar-refractivity contribution in [2.75, 3.05) is 7.11 Å². The maximum absolute atomic E-state index is 13.1. The lowest BCUT2D eigenvalue weighted by Crippen LogP contribution is -2.50. The van der Waals surface area contributed by atoms with Crippen LogP contribution in [0.2, 0.25) is 0 Å². The van der Waals surface area contributed by atoms with Gasteiger partial charge in [0.05, 0.1) is 18.2 Å². The summed E-state index contributed by atoms with van der Waals surface area (Å²) in [4.78, 5) is 50.3. The number of esters is 2. The fraction of sp³-hybridized carbons (Fsp3) is 0.154. The molecule has 2 N–H and O–H groups in total. The van der Waals surface area contributed by atoms with Crippen molar-refractivity contribution < 1.29 is 38.5 Å². The molecule has 0 aliphatic rings. The fourth-order valence-electron chi connectivity index (χ4n) is 3.14. The minimum atomic E-state index is -2.10. The van der Waals surface area contributed by atoms with Crippen molar-refractivity contribution in [2.45, 2.75) is 18.8 Å². The van der Waals surface area contributed by atoms with E-state index in [0.29, 0.717) is 11.3 Å². The van der Waals surface area contributed by atoms with Gasteiger partial charge < -0.3 is 24.6 Å². The second-order valence-corrected chi connectivity index (χ2v) is 7.25. The number of benzene rings is 3. The molecular formula is C26H23NO8. The van der Waals surface area contributed by atoms with Gasteiger partial charge in [0, 0.05) is 12.1 Å². The monoisotopic (exact) mass is 477 g/mol. The number of carboxylic acid groups (broad SMARTS) is 1. The summed E-state index contributed by atoms with van der Waals surface area (Å²) in [5.74, 6) is -4.07. The first-order valence-corrected chi connectivity index (χ1v) is 10.5. The normalized spacial score (nSPS) is 12.0. The first kappa shape index (κ1) is 25.0. The Balaban J connectivity index is 1.85. The molecule has 0 fully saturated rings. The second kappa shape index (κ2) is 12.0. The van der Waals surface area contributed by atoms with Crippen LogP contribution in [0, 0.1) is 0 Å². The van der Waals surface area contributed by atoms with Crippen LogP contribution in [-0.2, 0) is 25.6 Å². The molecular weight excluding hydrogens is 454 g/mol. The van der Waals surface area contributed by atoms with Gasteiger partial charge in [0.1, 0.15) is 5.75 Å². The lowest BCUT2D eigenvalue weighted by atomic mass is 10.1. The van der Waals surface area contributed by atoms with Crippen LogP contribution in [-0.4, -0.2) is 48.2 Å². The third-order valence-corrected chi connectivity index (χ3v) is 4.91. The van der Waals surface area contributed by atoms with Gasteiger partial charge in [-0.05, 0) is 30.3 Å². The highest BCUT2D eigenvalue weighted by atomic mass is 16.6. The predicted octanol–water partition coefficient (Wildman–Crippen LogP) is 2.85. The van der Waals surface area contributed by atoms with Gasteiger partial charge in [-0.1, -0.05) is 54.6 Å². The summed E-state index contributed by atoms with van der Waals surface area (Å²) in [6.07, 6.45) is -4.07. The third-order valence-electron chi connectivity index (χ3n) is 4.91. The second-order valence-electron chi connectivity index (χ2n) is 7.25. The highest BCUT2D eigenvalue weighted by Crippen LogP contribution is 2.18. The predicted molar refractivity (Wildman–Crippen MR) is 124 cm³/mol.